The lowest BCUT2D eigenvalue weighted by atomic mass is 10.2. The minimum Gasteiger partial charge on any atom is -0.364 e. The van der Waals surface area contributed by atoms with Crippen molar-refractivity contribution in [2.75, 3.05) is 31.1 Å². The summed E-state index contributed by atoms with van der Waals surface area (Å²) in [6.07, 6.45) is 0. The maximum absolute atomic E-state index is 14.0. The standard InChI is InChI=1S/C18H17F4N5OS/c1-8-9(2)29-18-11(8)17(28)23-10(24-18)7-26-3-5-27(6-4-26)14-12(19)15(21)25-16(22)13(14)20/h3-7H2,1-2H3,(H,23,24,28). The highest BCUT2D eigenvalue weighted by molar-refractivity contribution is 7.18. The monoisotopic (exact) mass is 427 g/mol. The molecular formula is C18H17F4N5OS. The number of nitrogens with zero attached hydrogens (tertiary/aromatic N) is 4. The summed E-state index contributed by atoms with van der Waals surface area (Å²) in [5, 5.41) is 0.591. The van der Waals surface area contributed by atoms with Crippen molar-refractivity contribution in [2.24, 2.45) is 0 Å². The van der Waals surface area contributed by atoms with Crippen LogP contribution in [0.4, 0.5) is 23.2 Å². The van der Waals surface area contributed by atoms with E-state index in [1.165, 1.54) is 16.2 Å². The van der Waals surface area contributed by atoms with Crippen molar-refractivity contribution >= 4 is 27.2 Å². The van der Waals surface area contributed by atoms with E-state index in [2.05, 4.69) is 15.0 Å². The number of aromatic amines is 1. The van der Waals surface area contributed by atoms with Gasteiger partial charge in [-0.3, -0.25) is 9.69 Å². The smallest absolute Gasteiger partial charge is 0.259 e. The molecule has 0 amide bonds. The molecule has 0 saturated carbocycles. The van der Waals surface area contributed by atoms with Crippen LogP contribution in [0.3, 0.4) is 0 Å². The van der Waals surface area contributed by atoms with E-state index in [1.807, 2.05) is 18.7 Å². The third-order valence-electron chi connectivity index (χ3n) is 5.12. The number of aromatic nitrogens is 3. The normalized spacial score (nSPS) is 15.4. The van der Waals surface area contributed by atoms with Crippen LogP contribution < -0.4 is 10.5 Å². The summed E-state index contributed by atoms with van der Waals surface area (Å²) in [6, 6.07) is 0. The van der Waals surface area contributed by atoms with Crippen LogP contribution in [0.25, 0.3) is 10.2 Å². The molecule has 29 heavy (non-hydrogen) atoms. The third kappa shape index (κ3) is 3.48. The van der Waals surface area contributed by atoms with Crippen molar-refractivity contribution in [2.45, 2.75) is 20.4 Å². The van der Waals surface area contributed by atoms with Gasteiger partial charge in [-0.25, -0.2) is 4.98 Å². The molecule has 0 spiro atoms. The number of pyridine rings is 1. The highest BCUT2D eigenvalue weighted by atomic mass is 32.1. The van der Waals surface area contributed by atoms with Gasteiger partial charge in [-0.05, 0) is 19.4 Å². The predicted molar refractivity (Wildman–Crippen MR) is 101 cm³/mol. The van der Waals surface area contributed by atoms with E-state index in [0.29, 0.717) is 35.7 Å². The Balaban J connectivity index is 1.50. The molecule has 0 atom stereocenters. The maximum atomic E-state index is 14.0. The molecule has 154 valence electrons. The van der Waals surface area contributed by atoms with E-state index in [1.54, 1.807) is 0 Å². The Kier molecular flexibility index (Phi) is 5.03. The topological polar surface area (TPSA) is 65.1 Å². The Morgan fingerprint density at radius 3 is 2.24 bits per heavy atom. The molecule has 1 N–H and O–H groups in total. The number of H-pyrrole nitrogens is 1. The van der Waals surface area contributed by atoms with Gasteiger partial charge in [-0.2, -0.15) is 22.5 Å². The lowest BCUT2D eigenvalue weighted by Crippen LogP contribution is -2.47. The molecule has 4 rings (SSSR count). The number of piperazine rings is 1. The molecule has 11 heteroatoms. The number of thiophene rings is 1. The van der Waals surface area contributed by atoms with Crippen molar-refractivity contribution in [3.8, 4) is 0 Å². The Morgan fingerprint density at radius 2 is 1.62 bits per heavy atom. The van der Waals surface area contributed by atoms with Gasteiger partial charge in [0.05, 0.1) is 11.9 Å². The summed E-state index contributed by atoms with van der Waals surface area (Å²) in [4.78, 5) is 27.2. The Hall–Kier alpha value is -2.53. The van der Waals surface area contributed by atoms with Gasteiger partial charge in [0.1, 0.15) is 16.3 Å². The van der Waals surface area contributed by atoms with Crippen molar-refractivity contribution in [1.29, 1.82) is 0 Å². The Morgan fingerprint density at radius 1 is 1.00 bits per heavy atom. The first-order valence-electron chi connectivity index (χ1n) is 8.92. The molecular weight excluding hydrogens is 410 g/mol. The number of rotatable bonds is 3. The molecule has 4 heterocycles. The second kappa shape index (κ2) is 7.38. The van der Waals surface area contributed by atoms with Crippen LogP contribution in [0.15, 0.2) is 4.79 Å². The molecule has 3 aromatic heterocycles. The van der Waals surface area contributed by atoms with Gasteiger partial charge < -0.3 is 9.88 Å². The molecule has 0 aliphatic carbocycles. The number of hydrogen-bond acceptors (Lipinski definition) is 6. The largest absolute Gasteiger partial charge is 0.364 e. The van der Waals surface area contributed by atoms with Gasteiger partial charge in [0.15, 0.2) is 0 Å². The Bertz CT molecular complexity index is 1130. The molecule has 1 saturated heterocycles. The SMILES string of the molecule is Cc1sc2nc(CN3CCN(c4c(F)c(F)nc(F)c4F)CC3)[nH]c(=O)c2c1C. The predicted octanol–water partition coefficient (Wildman–Crippen LogP) is 2.88. The molecule has 6 nitrogen and oxygen atoms in total. The van der Waals surface area contributed by atoms with Gasteiger partial charge in [0, 0.05) is 31.1 Å². The molecule has 1 aliphatic rings. The minimum atomic E-state index is -1.67. The number of anilines is 1. The molecule has 1 aliphatic heterocycles. The lowest BCUT2D eigenvalue weighted by molar-refractivity contribution is 0.242. The Labute approximate surface area is 166 Å². The van der Waals surface area contributed by atoms with E-state index in [9.17, 15) is 22.4 Å². The van der Waals surface area contributed by atoms with Crippen LogP contribution in [0, 0.1) is 37.4 Å². The first kappa shape index (κ1) is 19.8. The molecule has 1 fully saturated rings. The second-order valence-corrected chi connectivity index (χ2v) is 8.11. The summed E-state index contributed by atoms with van der Waals surface area (Å²) in [5.41, 5.74) is -0.0238. The van der Waals surface area contributed by atoms with E-state index in [4.69, 9.17) is 0 Å². The number of hydrogen-bond donors (Lipinski definition) is 1. The second-order valence-electron chi connectivity index (χ2n) is 6.91. The van der Waals surface area contributed by atoms with Crippen molar-refractivity contribution in [3.63, 3.8) is 0 Å². The highest BCUT2D eigenvalue weighted by Gasteiger charge is 2.28. The van der Waals surface area contributed by atoms with Gasteiger partial charge in [-0.1, -0.05) is 0 Å². The maximum Gasteiger partial charge on any atom is 0.259 e. The third-order valence-corrected chi connectivity index (χ3v) is 6.23. The van der Waals surface area contributed by atoms with Crippen LogP contribution in [-0.4, -0.2) is 46.0 Å². The fourth-order valence-electron chi connectivity index (χ4n) is 3.47. The van der Waals surface area contributed by atoms with Gasteiger partial charge in [-0.15, -0.1) is 11.3 Å². The van der Waals surface area contributed by atoms with E-state index >= 15 is 0 Å². The number of aryl methyl sites for hydroxylation is 2. The summed E-state index contributed by atoms with van der Waals surface area (Å²) in [5.74, 6) is -5.85. The van der Waals surface area contributed by atoms with Crippen LogP contribution in [-0.2, 0) is 6.54 Å². The first-order valence-corrected chi connectivity index (χ1v) is 9.74. The molecule has 0 radical (unpaired) electrons. The summed E-state index contributed by atoms with van der Waals surface area (Å²) < 4.78 is 54.6. The fourth-order valence-corrected chi connectivity index (χ4v) is 4.52. The summed E-state index contributed by atoms with van der Waals surface area (Å²) in [7, 11) is 0. The average molecular weight is 427 g/mol. The number of halogens is 4. The van der Waals surface area contributed by atoms with Crippen molar-refractivity contribution in [3.05, 3.63) is 50.1 Å². The van der Waals surface area contributed by atoms with Crippen molar-refractivity contribution < 1.29 is 17.6 Å². The highest BCUT2D eigenvalue weighted by Crippen LogP contribution is 2.28. The summed E-state index contributed by atoms with van der Waals surface area (Å²) >= 11 is 1.45. The van der Waals surface area contributed by atoms with Gasteiger partial charge >= 0.3 is 0 Å². The fraction of sp³-hybridized carbons (Fsp3) is 0.389. The molecule has 0 unspecified atom stereocenters. The number of fused-ring (bicyclic) bond motifs is 1. The lowest BCUT2D eigenvalue weighted by Gasteiger charge is -2.35. The zero-order valence-corrected chi connectivity index (χ0v) is 16.5. The van der Waals surface area contributed by atoms with Gasteiger partial charge in [0.25, 0.3) is 17.5 Å². The quantitative estimate of drug-likeness (QED) is 0.515. The van der Waals surface area contributed by atoms with Crippen molar-refractivity contribution in [1.82, 2.24) is 19.9 Å². The first-order chi connectivity index (χ1) is 13.8. The average Bonchev–Trinajstić information content (AvgIpc) is 2.96. The zero-order chi connectivity index (χ0) is 20.9. The molecule has 0 aromatic carbocycles. The van der Waals surface area contributed by atoms with E-state index in [0.717, 1.165) is 10.4 Å². The van der Waals surface area contributed by atoms with Gasteiger partial charge in [0.2, 0.25) is 11.6 Å². The van der Waals surface area contributed by atoms with Crippen LogP contribution in [0.2, 0.25) is 0 Å². The van der Waals surface area contributed by atoms with E-state index < -0.39 is 29.2 Å². The minimum absolute atomic E-state index is 0.153. The summed E-state index contributed by atoms with van der Waals surface area (Å²) in [6.45, 7) is 5.21. The number of nitrogens with one attached hydrogen (secondary N) is 1. The molecule has 3 aromatic rings. The van der Waals surface area contributed by atoms with Crippen LogP contribution in [0.5, 0.6) is 0 Å². The zero-order valence-electron chi connectivity index (χ0n) is 15.7. The van der Waals surface area contributed by atoms with Crippen LogP contribution in [0.1, 0.15) is 16.3 Å². The van der Waals surface area contributed by atoms with Crippen LogP contribution >= 0.6 is 11.3 Å². The van der Waals surface area contributed by atoms with E-state index in [-0.39, 0.29) is 18.6 Å². The molecule has 0 bridgehead atoms.